The van der Waals surface area contributed by atoms with Gasteiger partial charge in [-0.15, -0.1) is 0 Å². The molecular formula is C33H44N2O5S. The van der Waals surface area contributed by atoms with Gasteiger partial charge in [-0.3, -0.25) is 4.79 Å². The lowest BCUT2D eigenvalue weighted by Gasteiger charge is -2.29. The van der Waals surface area contributed by atoms with E-state index in [1.54, 1.807) is 18.2 Å². The summed E-state index contributed by atoms with van der Waals surface area (Å²) in [5.74, 6) is -0.863. The normalized spacial score (nSPS) is 13.4. The summed E-state index contributed by atoms with van der Waals surface area (Å²) in [5, 5.41) is 23.1. The van der Waals surface area contributed by atoms with Crippen molar-refractivity contribution in [2.24, 2.45) is 0 Å². The average molecular weight is 581 g/mol. The fraction of sp³-hybridized carbons (Fsp3) is 0.424. The van der Waals surface area contributed by atoms with Crippen LogP contribution in [-0.2, 0) is 33.1 Å². The first kappa shape index (κ1) is 32.5. The Morgan fingerprint density at radius 2 is 1.51 bits per heavy atom. The van der Waals surface area contributed by atoms with E-state index >= 15 is 0 Å². The molecule has 0 aliphatic rings. The van der Waals surface area contributed by atoms with Gasteiger partial charge in [0.25, 0.3) is 0 Å². The number of nitrogens with zero attached hydrogens (tertiary/aromatic N) is 1. The minimum Gasteiger partial charge on any atom is -0.481 e. The molecular weight excluding hydrogens is 536 g/mol. The third kappa shape index (κ3) is 9.50. The van der Waals surface area contributed by atoms with Gasteiger partial charge >= 0.3 is 5.97 Å². The van der Waals surface area contributed by atoms with Crippen LogP contribution in [0.4, 0.5) is 0 Å². The molecule has 0 unspecified atom stereocenters. The van der Waals surface area contributed by atoms with E-state index in [1.165, 1.54) is 22.5 Å². The van der Waals surface area contributed by atoms with E-state index in [2.05, 4.69) is 64.2 Å². The molecule has 41 heavy (non-hydrogen) atoms. The van der Waals surface area contributed by atoms with Crippen molar-refractivity contribution in [3.63, 3.8) is 0 Å². The Morgan fingerprint density at radius 1 is 0.902 bits per heavy atom. The highest BCUT2D eigenvalue weighted by molar-refractivity contribution is 7.89. The van der Waals surface area contributed by atoms with Gasteiger partial charge in [0, 0.05) is 32.1 Å². The molecule has 0 bridgehead atoms. The molecule has 0 saturated heterocycles. The van der Waals surface area contributed by atoms with E-state index in [-0.39, 0.29) is 35.4 Å². The van der Waals surface area contributed by atoms with Crippen molar-refractivity contribution in [1.82, 2.24) is 9.62 Å². The predicted octanol–water partition coefficient (Wildman–Crippen LogP) is 5.26. The van der Waals surface area contributed by atoms with E-state index in [0.717, 1.165) is 23.1 Å². The van der Waals surface area contributed by atoms with Crippen LogP contribution in [0.15, 0.2) is 77.7 Å². The van der Waals surface area contributed by atoms with Crippen LogP contribution in [0.3, 0.4) is 0 Å². The van der Waals surface area contributed by atoms with Gasteiger partial charge in [0.1, 0.15) is 0 Å². The van der Waals surface area contributed by atoms with Crippen molar-refractivity contribution < 1.29 is 23.4 Å². The molecule has 3 rings (SSSR count). The van der Waals surface area contributed by atoms with Crippen LogP contribution in [0.2, 0.25) is 0 Å². The molecule has 3 N–H and O–H groups in total. The van der Waals surface area contributed by atoms with Crippen LogP contribution < -0.4 is 5.32 Å². The SMILES string of the molecule is CN(C[C@H](O)CNC(C)(C)Cc1ccc(C(C)(C)C)cc1)S(=O)(=O)c1cccc(-c2cccc(CCC(=O)O)c2)c1. The predicted molar refractivity (Wildman–Crippen MR) is 165 cm³/mol. The first-order chi connectivity index (χ1) is 19.1. The highest BCUT2D eigenvalue weighted by Gasteiger charge is 2.25. The lowest BCUT2D eigenvalue weighted by atomic mass is 9.85. The van der Waals surface area contributed by atoms with Crippen LogP contribution in [-0.4, -0.2) is 60.7 Å². The fourth-order valence-electron chi connectivity index (χ4n) is 4.72. The summed E-state index contributed by atoms with van der Waals surface area (Å²) < 4.78 is 27.9. The number of aliphatic hydroxyl groups excluding tert-OH is 1. The highest BCUT2D eigenvalue weighted by Crippen LogP contribution is 2.26. The van der Waals surface area contributed by atoms with Crippen molar-refractivity contribution in [1.29, 1.82) is 0 Å². The zero-order valence-electron chi connectivity index (χ0n) is 25.0. The van der Waals surface area contributed by atoms with E-state index in [0.29, 0.717) is 6.42 Å². The zero-order valence-corrected chi connectivity index (χ0v) is 25.8. The number of rotatable bonds is 13. The molecule has 7 nitrogen and oxygen atoms in total. The lowest BCUT2D eigenvalue weighted by molar-refractivity contribution is -0.136. The quantitative estimate of drug-likeness (QED) is 0.255. The maximum absolute atomic E-state index is 13.4. The van der Waals surface area contributed by atoms with Crippen molar-refractivity contribution in [2.75, 3.05) is 20.1 Å². The van der Waals surface area contributed by atoms with E-state index in [1.807, 2.05) is 30.3 Å². The molecule has 3 aromatic rings. The van der Waals surface area contributed by atoms with Gasteiger partial charge in [-0.05, 0) is 72.1 Å². The monoisotopic (exact) mass is 580 g/mol. The van der Waals surface area contributed by atoms with Crippen molar-refractivity contribution in [2.45, 2.75) is 75.8 Å². The molecule has 0 spiro atoms. The van der Waals surface area contributed by atoms with Gasteiger partial charge in [0.2, 0.25) is 10.0 Å². The van der Waals surface area contributed by atoms with Crippen LogP contribution in [0.1, 0.15) is 57.7 Å². The maximum atomic E-state index is 13.4. The molecule has 0 amide bonds. The fourth-order valence-corrected chi connectivity index (χ4v) is 5.98. The van der Waals surface area contributed by atoms with Crippen molar-refractivity contribution in [3.8, 4) is 11.1 Å². The second-order valence-corrected chi connectivity index (χ2v) is 14.5. The summed E-state index contributed by atoms with van der Waals surface area (Å²) in [6.07, 6.45) is 0.298. The second-order valence-electron chi connectivity index (χ2n) is 12.4. The largest absolute Gasteiger partial charge is 0.481 e. The first-order valence-corrected chi connectivity index (χ1v) is 15.4. The van der Waals surface area contributed by atoms with Crippen LogP contribution in [0.25, 0.3) is 11.1 Å². The molecule has 0 saturated carbocycles. The third-order valence-corrected chi connectivity index (χ3v) is 9.00. The summed E-state index contributed by atoms with van der Waals surface area (Å²) >= 11 is 0. The topological polar surface area (TPSA) is 107 Å². The number of aliphatic carboxylic acids is 1. The van der Waals surface area contributed by atoms with Gasteiger partial charge < -0.3 is 15.5 Å². The number of carboxylic acids is 1. The highest BCUT2D eigenvalue weighted by atomic mass is 32.2. The number of aliphatic hydroxyl groups is 1. The molecule has 0 aliphatic heterocycles. The first-order valence-electron chi connectivity index (χ1n) is 14.0. The minimum absolute atomic E-state index is 0.0293. The molecule has 222 valence electrons. The number of benzene rings is 3. The summed E-state index contributed by atoms with van der Waals surface area (Å²) in [6.45, 7) is 10.9. The van der Waals surface area contributed by atoms with Gasteiger partial charge in [-0.1, -0.05) is 81.4 Å². The van der Waals surface area contributed by atoms with Gasteiger partial charge in [0.15, 0.2) is 0 Å². The number of hydrogen-bond acceptors (Lipinski definition) is 5. The molecule has 0 radical (unpaired) electrons. The Hall–Kier alpha value is -3.04. The van der Waals surface area contributed by atoms with Crippen molar-refractivity contribution in [3.05, 3.63) is 89.5 Å². The summed E-state index contributed by atoms with van der Waals surface area (Å²) in [6, 6.07) is 22.7. The summed E-state index contributed by atoms with van der Waals surface area (Å²) in [5.41, 5.74) is 4.67. The summed E-state index contributed by atoms with van der Waals surface area (Å²) in [7, 11) is -2.37. The van der Waals surface area contributed by atoms with E-state index in [4.69, 9.17) is 5.11 Å². The maximum Gasteiger partial charge on any atom is 0.303 e. The van der Waals surface area contributed by atoms with Gasteiger partial charge in [0.05, 0.1) is 11.0 Å². The Morgan fingerprint density at radius 3 is 2.12 bits per heavy atom. The Bertz CT molecular complexity index is 1430. The molecule has 1 atom stereocenters. The Balaban J connectivity index is 1.61. The van der Waals surface area contributed by atoms with Crippen molar-refractivity contribution >= 4 is 16.0 Å². The average Bonchev–Trinajstić information content (AvgIpc) is 2.90. The number of nitrogens with one attached hydrogen (secondary N) is 1. The van der Waals surface area contributed by atoms with Gasteiger partial charge in [-0.2, -0.15) is 4.31 Å². The zero-order chi connectivity index (χ0) is 30.4. The third-order valence-electron chi connectivity index (χ3n) is 7.18. The van der Waals surface area contributed by atoms with Crippen LogP contribution in [0, 0.1) is 0 Å². The number of carboxylic acid groups (broad SMARTS) is 1. The van der Waals surface area contributed by atoms with Crippen LogP contribution in [0.5, 0.6) is 0 Å². The standard InChI is InChI=1S/C33H44N2O5S/c1-32(2,3)28-16-13-25(14-17-28)21-33(4,5)34-22-29(36)23-35(6)41(39,40)30-12-8-11-27(20-30)26-10-7-9-24(19-26)15-18-31(37)38/h7-14,16-17,19-20,29,34,36H,15,18,21-23H2,1-6H3,(H,37,38)/t29-/m1/s1. The Kier molecular flexibility index (Phi) is 10.5. The Labute approximate surface area is 245 Å². The molecule has 0 fully saturated rings. The smallest absolute Gasteiger partial charge is 0.303 e. The van der Waals surface area contributed by atoms with Gasteiger partial charge in [-0.25, -0.2) is 8.42 Å². The number of aryl methyl sites for hydroxylation is 1. The number of β-amino-alcohol motifs (C(OH)–C–C–N with tert-alkyl or cyclic N) is 1. The number of sulfonamides is 1. The molecule has 3 aromatic carbocycles. The lowest BCUT2D eigenvalue weighted by Crippen LogP contribution is -2.47. The molecule has 0 aromatic heterocycles. The van der Waals surface area contributed by atoms with Crippen LogP contribution >= 0.6 is 0 Å². The number of hydrogen-bond donors (Lipinski definition) is 3. The second kappa shape index (κ2) is 13.3. The van der Waals surface area contributed by atoms with E-state index < -0.39 is 22.1 Å². The summed E-state index contributed by atoms with van der Waals surface area (Å²) in [4.78, 5) is 11.1. The van der Waals surface area contributed by atoms with E-state index in [9.17, 15) is 18.3 Å². The minimum atomic E-state index is -3.85. The molecule has 0 aliphatic carbocycles. The molecule has 8 heteroatoms. The number of carbonyl (C=O) groups is 1. The number of likely N-dealkylation sites (N-methyl/N-ethyl adjacent to an activating group) is 1. The molecule has 0 heterocycles.